The fourth-order valence-electron chi connectivity index (χ4n) is 1.74. The molecule has 0 spiro atoms. The lowest BCUT2D eigenvalue weighted by atomic mass is 10.2. The van der Waals surface area contributed by atoms with E-state index in [1.165, 1.54) is 0 Å². The Morgan fingerprint density at radius 3 is 3.05 bits per heavy atom. The smallest absolute Gasteiger partial charge is 0.259 e. The molecule has 0 amide bonds. The van der Waals surface area contributed by atoms with E-state index in [0.717, 1.165) is 13.0 Å². The molecule has 1 heterocycles. The molecule has 0 saturated heterocycles. The summed E-state index contributed by atoms with van der Waals surface area (Å²) in [6.45, 7) is 1.36. The van der Waals surface area contributed by atoms with Crippen LogP contribution in [0.3, 0.4) is 0 Å². The molecule has 0 saturated carbocycles. The summed E-state index contributed by atoms with van der Waals surface area (Å²) >= 11 is 0. The van der Waals surface area contributed by atoms with Gasteiger partial charge in [-0.25, -0.2) is 4.98 Å². The average Bonchev–Trinajstić information content (AvgIpc) is 2.43. The number of nitrogens with one attached hydrogen (secondary N) is 1. The number of hydrogen-bond acceptors (Lipinski definition) is 4. The van der Waals surface area contributed by atoms with Gasteiger partial charge in [-0.05, 0) is 12.1 Å². The van der Waals surface area contributed by atoms with Crippen molar-refractivity contribution in [2.75, 3.05) is 20.1 Å². The number of fused-ring (bicyclic) bond motifs is 1. The number of para-hydroxylation sites is 1. The molecule has 0 aliphatic carbocycles. The number of aliphatic imine (C=N–C) groups is 1. The molecule has 0 aliphatic rings. The molecule has 0 bridgehead atoms. The summed E-state index contributed by atoms with van der Waals surface area (Å²) in [7, 11) is 1.96. The minimum atomic E-state index is -0.473. The van der Waals surface area contributed by atoms with Crippen molar-refractivity contribution in [3.63, 3.8) is 0 Å². The summed E-state index contributed by atoms with van der Waals surface area (Å²) in [4.78, 5) is 22.3. The fraction of sp³-hybridized carbons (Fsp3) is 0.308. The van der Waals surface area contributed by atoms with Gasteiger partial charge < -0.3 is 15.4 Å². The van der Waals surface area contributed by atoms with Gasteiger partial charge in [-0.1, -0.05) is 12.1 Å². The van der Waals surface area contributed by atoms with E-state index in [4.69, 9.17) is 0 Å². The Morgan fingerprint density at radius 1 is 1.47 bits per heavy atom. The first-order valence-corrected chi connectivity index (χ1v) is 6.21. The van der Waals surface area contributed by atoms with Gasteiger partial charge in [0.15, 0.2) is 0 Å². The second kappa shape index (κ2) is 6.10. The summed E-state index contributed by atoms with van der Waals surface area (Å²) in [5, 5.41) is 14.3. The van der Waals surface area contributed by atoms with Gasteiger partial charge in [0.2, 0.25) is 0 Å². The molecular formula is C13H16N4O2. The predicted molar refractivity (Wildman–Crippen MR) is 71.1 cm³/mol. The van der Waals surface area contributed by atoms with Gasteiger partial charge in [0.25, 0.3) is 5.56 Å². The van der Waals surface area contributed by atoms with E-state index in [-0.39, 0.29) is 11.4 Å². The van der Waals surface area contributed by atoms with Crippen molar-refractivity contribution >= 4 is 16.8 Å². The Hall–Kier alpha value is -2.21. The molecule has 1 aromatic carbocycles. The molecule has 0 unspecified atom stereocenters. The van der Waals surface area contributed by atoms with Crippen LogP contribution >= 0.6 is 0 Å². The zero-order valence-corrected chi connectivity index (χ0v) is 10.7. The van der Waals surface area contributed by atoms with Gasteiger partial charge in [-0.2, -0.15) is 0 Å². The SMILES string of the molecule is C[NH2+]CCCN=C([O-])c1nc2ccccc2c(=O)[nH]1. The molecule has 6 heteroatoms. The van der Waals surface area contributed by atoms with Crippen LogP contribution < -0.4 is 16.0 Å². The van der Waals surface area contributed by atoms with Crippen molar-refractivity contribution in [3.05, 3.63) is 40.4 Å². The quantitative estimate of drug-likeness (QED) is 0.393. The summed E-state index contributed by atoms with van der Waals surface area (Å²) in [6.07, 6.45) is 0.819. The van der Waals surface area contributed by atoms with E-state index >= 15 is 0 Å². The van der Waals surface area contributed by atoms with Crippen LogP contribution in [-0.4, -0.2) is 36.0 Å². The lowest BCUT2D eigenvalue weighted by Gasteiger charge is -2.10. The summed E-state index contributed by atoms with van der Waals surface area (Å²) in [6, 6.07) is 6.90. The van der Waals surface area contributed by atoms with E-state index in [1.807, 2.05) is 12.4 Å². The lowest BCUT2D eigenvalue weighted by Crippen LogP contribution is -2.79. The highest BCUT2D eigenvalue weighted by Gasteiger charge is 2.02. The molecule has 3 N–H and O–H groups in total. The monoisotopic (exact) mass is 260 g/mol. The number of rotatable bonds is 5. The van der Waals surface area contributed by atoms with Crippen LogP contribution in [0.15, 0.2) is 34.1 Å². The van der Waals surface area contributed by atoms with Crippen LogP contribution in [0, 0.1) is 0 Å². The van der Waals surface area contributed by atoms with Gasteiger partial charge in [-0.3, -0.25) is 9.79 Å². The van der Waals surface area contributed by atoms with E-state index in [1.54, 1.807) is 24.3 Å². The van der Waals surface area contributed by atoms with Crippen LogP contribution in [0.1, 0.15) is 12.2 Å². The Morgan fingerprint density at radius 2 is 2.26 bits per heavy atom. The van der Waals surface area contributed by atoms with Crippen molar-refractivity contribution in [1.29, 1.82) is 0 Å². The van der Waals surface area contributed by atoms with Crippen LogP contribution in [0.2, 0.25) is 0 Å². The maximum absolute atomic E-state index is 11.8. The number of nitrogens with two attached hydrogens (primary N) is 1. The summed E-state index contributed by atoms with van der Waals surface area (Å²) in [5.41, 5.74) is 0.192. The Bertz CT molecular complexity index is 648. The maximum Gasteiger partial charge on any atom is 0.259 e. The lowest BCUT2D eigenvalue weighted by molar-refractivity contribution is -0.626. The summed E-state index contributed by atoms with van der Waals surface area (Å²) in [5.74, 6) is -0.469. The largest absolute Gasteiger partial charge is 0.856 e. The Balaban J connectivity index is 2.27. The molecule has 19 heavy (non-hydrogen) atoms. The predicted octanol–water partition coefficient (Wildman–Crippen LogP) is -1.39. The molecule has 0 atom stereocenters. The van der Waals surface area contributed by atoms with Crippen molar-refractivity contribution in [1.82, 2.24) is 9.97 Å². The highest BCUT2D eigenvalue weighted by molar-refractivity contribution is 5.89. The maximum atomic E-state index is 11.8. The summed E-state index contributed by atoms with van der Waals surface area (Å²) < 4.78 is 0. The molecule has 0 fully saturated rings. The molecule has 0 radical (unpaired) electrons. The first-order chi connectivity index (χ1) is 9.22. The number of benzene rings is 1. The van der Waals surface area contributed by atoms with Crippen molar-refractivity contribution < 1.29 is 10.4 Å². The molecule has 2 rings (SSSR count). The van der Waals surface area contributed by atoms with E-state index in [0.29, 0.717) is 17.4 Å². The third-order valence-corrected chi connectivity index (χ3v) is 2.72. The van der Waals surface area contributed by atoms with Crippen molar-refractivity contribution in [2.24, 2.45) is 4.99 Å². The minimum Gasteiger partial charge on any atom is -0.856 e. The topological polar surface area (TPSA) is 97.8 Å². The fourth-order valence-corrected chi connectivity index (χ4v) is 1.74. The number of nitrogens with zero attached hydrogens (tertiary/aromatic N) is 2. The molecular weight excluding hydrogens is 244 g/mol. The number of aromatic amines is 1. The number of hydrogen-bond donors (Lipinski definition) is 2. The minimum absolute atomic E-state index is 0.00387. The van der Waals surface area contributed by atoms with Crippen LogP contribution in [-0.2, 0) is 0 Å². The van der Waals surface area contributed by atoms with Gasteiger partial charge in [0.1, 0.15) is 5.82 Å². The highest BCUT2D eigenvalue weighted by atomic mass is 16.3. The van der Waals surface area contributed by atoms with Gasteiger partial charge in [0, 0.05) is 18.9 Å². The first kappa shape index (κ1) is 13.2. The Labute approximate surface area is 110 Å². The average molecular weight is 260 g/mol. The first-order valence-electron chi connectivity index (χ1n) is 6.21. The zero-order chi connectivity index (χ0) is 13.7. The second-order valence-corrected chi connectivity index (χ2v) is 4.17. The van der Waals surface area contributed by atoms with Gasteiger partial charge >= 0.3 is 0 Å². The van der Waals surface area contributed by atoms with E-state index in [2.05, 4.69) is 15.0 Å². The molecule has 0 aliphatic heterocycles. The van der Waals surface area contributed by atoms with Crippen LogP contribution in [0.25, 0.3) is 10.9 Å². The molecule has 6 nitrogen and oxygen atoms in total. The zero-order valence-electron chi connectivity index (χ0n) is 10.7. The molecule has 2 aromatic rings. The number of H-pyrrole nitrogens is 1. The van der Waals surface area contributed by atoms with Gasteiger partial charge in [-0.15, -0.1) is 0 Å². The number of aromatic nitrogens is 2. The third kappa shape index (κ3) is 3.17. The van der Waals surface area contributed by atoms with Crippen LogP contribution in [0.5, 0.6) is 0 Å². The number of quaternary nitrogens is 1. The standard InChI is InChI=1S/C13H16N4O2/c1-14-7-4-8-15-13(19)11-16-10-6-3-2-5-9(10)12(18)17-11/h2-3,5-6,14H,4,7-8H2,1H3,(H,15,19)(H,16,17,18). The highest BCUT2D eigenvalue weighted by Crippen LogP contribution is 2.05. The van der Waals surface area contributed by atoms with E-state index < -0.39 is 5.90 Å². The van der Waals surface area contributed by atoms with Crippen LogP contribution in [0.4, 0.5) is 0 Å². The normalized spacial score (nSPS) is 11.9. The third-order valence-electron chi connectivity index (χ3n) is 2.72. The van der Waals surface area contributed by atoms with E-state index in [9.17, 15) is 9.90 Å². The molecule has 100 valence electrons. The van der Waals surface area contributed by atoms with Crippen molar-refractivity contribution in [3.8, 4) is 0 Å². The molecule has 1 aromatic heterocycles. The van der Waals surface area contributed by atoms with Crippen molar-refractivity contribution in [2.45, 2.75) is 6.42 Å². The Kier molecular flexibility index (Phi) is 4.25. The second-order valence-electron chi connectivity index (χ2n) is 4.17. The van der Waals surface area contributed by atoms with Gasteiger partial charge in [0.05, 0.1) is 24.5 Å².